The molecule has 1 heterocycles. The summed E-state index contributed by atoms with van der Waals surface area (Å²) in [5.41, 5.74) is 1.66. The number of fused-ring (bicyclic) bond motifs is 1. The molecule has 0 radical (unpaired) electrons. The molecule has 0 fully saturated rings. The van der Waals surface area contributed by atoms with Gasteiger partial charge in [0, 0.05) is 18.1 Å². The maximum atomic E-state index is 12.2. The molecule has 1 amide bonds. The van der Waals surface area contributed by atoms with Crippen molar-refractivity contribution >= 4 is 35.1 Å². The Labute approximate surface area is 156 Å². The third-order valence-electron chi connectivity index (χ3n) is 3.82. The van der Waals surface area contributed by atoms with Crippen molar-refractivity contribution in [3.8, 4) is 11.5 Å². The molecule has 5 nitrogen and oxygen atoms in total. The van der Waals surface area contributed by atoms with E-state index in [0.717, 1.165) is 6.42 Å². The minimum absolute atomic E-state index is 0.112. The second kappa shape index (κ2) is 8.06. The van der Waals surface area contributed by atoms with E-state index < -0.39 is 0 Å². The Bertz CT molecular complexity index is 876. The number of rotatable bonds is 4. The Morgan fingerprint density at radius 2 is 1.92 bits per heavy atom. The molecule has 6 heteroatoms. The summed E-state index contributed by atoms with van der Waals surface area (Å²) in [5.74, 6) is 0.639. The molecule has 0 spiro atoms. The van der Waals surface area contributed by atoms with Gasteiger partial charge in [-0.05, 0) is 42.8 Å². The minimum Gasteiger partial charge on any atom is -0.489 e. The maximum absolute atomic E-state index is 12.2. The number of ether oxygens (including phenoxy) is 2. The summed E-state index contributed by atoms with van der Waals surface area (Å²) >= 11 is 6.24. The van der Waals surface area contributed by atoms with E-state index in [0.29, 0.717) is 46.5 Å². The molecule has 3 rings (SSSR count). The van der Waals surface area contributed by atoms with Crippen LogP contribution in [0.1, 0.15) is 29.3 Å². The van der Waals surface area contributed by atoms with Crippen LogP contribution in [0.2, 0.25) is 5.02 Å². The molecule has 134 valence electrons. The molecule has 1 N–H and O–H groups in total. The van der Waals surface area contributed by atoms with Crippen molar-refractivity contribution in [1.82, 2.24) is 0 Å². The number of hydrogen-bond acceptors (Lipinski definition) is 4. The second-order valence-electron chi connectivity index (χ2n) is 5.80. The van der Waals surface area contributed by atoms with Gasteiger partial charge in [0.15, 0.2) is 17.3 Å². The summed E-state index contributed by atoms with van der Waals surface area (Å²) in [5, 5.41) is 3.15. The molecule has 1 aliphatic heterocycles. The molecule has 0 aliphatic carbocycles. The van der Waals surface area contributed by atoms with Gasteiger partial charge in [-0.3, -0.25) is 9.59 Å². The second-order valence-corrected chi connectivity index (χ2v) is 6.21. The molecule has 0 bridgehead atoms. The van der Waals surface area contributed by atoms with Crippen LogP contribution in [0.25, 0.3) is 6.08 Å². The molecule has 2 aromatic carbocycles. The van der Waals surface area contributed by atoms with Gasteiger partial charge in [0.05, 0.1) is 23.9 Å². The molecular formula is C20H18ClNO4. The van der Waals surface area contributed by atoms with Crippen LogP contribution in [0.5, 0.6) is 11.5 Å². The molecule has 0 atom stereocenters. The molecule has 0 saturated carbocycles. The lowest BCUT2D eigenvalue weighted by Crippen LogP contribution is -2.11. The summed E-state index contributed by atoms with van der Waals surface area (Å²) < 4.78 is 11.2. The quantitative estimate of drug-likeness (QED) is 0.640. The van der Waals surface area contributed by atoms with E-state index in [-0.39, 0.29) is 11.7 Å². The van der Waals surface area contributed by atoms with Crippen LogP contribution in [-0.2, 0) is 4.79 Å². The van der Waals surface area contributed by atoms with Gasteiger partial charge in [0.25, 0.3) is 0 Å². The van der Waals surface area contributed by atoms with Gasteiger partial charge >= 0.3 is 0 Å². The zero-order valence-electron chi connectivity index (χ0n) is 14.3. The van der Waals surface area contributed by atoms with Gasteiger partial charge in [-0.2, -0.15) is 0 Å². The fourth-order valence-electron chi connectivity index (χ4n) is 2.59. The summed E-state index contributed by atoms with van der Waals surface area (Å²) in [7, 11) is 0. The monoisotopic (exact) mass is 371 g/mol. The zero-order chi connectivity index (χ0) is 18.5. The van der Waals surface area contributed by atoms with E-state index in [4.69, 9.17) is 21.1 Å². The number of anilines is 1. The Morgan fingerprint density at radius 1 is 1.15 bits per heavy atom. The molecule has 26 heavy (non-hydrogen) atoms. The summed E-state index contributed by atoms with van der Waals surface area (Å²) in [4.78, 5) is 23.8. The SMILES string of the molecule is CC(=O)c1ccccc1NC(=O)/C=C/c1cc(Cl)c2c(c1)OCCCO2. The van der Waals surface area contributed by atoms with Crippen LogP contribution >= 0.6 is 11.6 Å². The van der Waals surface area contributed by atoms with Crippen LogP contribution in [0.4, 0.5) is 5.69 Å². The van der Waals surface area contributed by atoms with E-state index in [1.807, 2.05) is 0 Å². The van der Waals surface area contributed by atoms with Crippen LogP contribution in [-0.4, -0.2) is 24.9 Å². The lowest BCUT2D eigenvalue weighted by molar-refractivity contribution is -0.111. The van der Waals surface area contributed by atoms with Crippen LogP contribution in [0, 0.1) is 0 Å². The fraction of sp³-hybridized carbons (Fsp3) is 0.200. The average Bonchev–Trinajstić information content (AvgIpc) is 2.86. The summed E-state index contributed by atoms with van der Waals surface area (Å²) in [6.45, 7) is 2.57. The number of Topliss-reactive ketones (excluding diaryl/α,β-unsaturated/α-hetero) is 1. The predicted octanol–water partition coefficient (Wildman–Crippen LogP) is 4.36. The lowest BCUT2D eigenvalue weighted by Gasteiger charge is -2.10. The minimum atomic E-state index is -0.345. The van der Waals surface area contributed by atoms with Crippen LogP contribution in [0.15, 0.2) is 42.5 Å². The zero-order valence-corrected chi connectivity index (χ0v) is 15.0. The van der Waals surface area contributed by atoms with E-state index >= 15 is 0 Å². The number of para-hydroxylation sites is 1. The molecule has 1 aliphatic rings. The van der Waals surface area contributed by atoms with Crippen molar-refractivity contribution < 1.29 is 19.1 Å². The number of amides is 1. The van der Waals surface area contributed by atoms with Crippen molar-refractivity contribution in [2.75, 3.05) is 18.5 Å². The highest BCUT2D eigenvalue weighted by Gasteiger charge is 2.15. The third-order valence-corrected chi connectivity index (χ3v) is 4.10. The molecule has 2 aromatic rings. The highest BCUT2D eigenvalue weighted by Crippen LogP contribution is 2.38. The van der Waals surface area contributed by atoms with Gasteiger partial charge in [-0.25, -0.2) is 0 Å². The van der Waals surface area contributed by atoms with Crippen molar-refractivity contribution in [1.29, 1.82) is 0 Å². The highest BCUT2D eigenvalue weighted by atomic mass is 35.5. The van der Waals surface area contributed by atoms with Crippen LogP contribution in [0.3, 0.4) is 0 Å². The predicted molar refractivity (Wildman–Crippen MR) is 101 cm³/mol. The van der Waals surface area contributed by atoms with Crippen LogP contribution < -0.4 is 14.8 Å². The topological polar surface area (TPSA) is 64.6 Å². The van der Waals surface area contributed by atoms with E-state index in [2.05, 4.69) is 5.32 Å². The Morgan fingerprint density at radius 3 is 2.73 bits per heavy atom. The van der Waals surface area contributed by atoms with Gasteiger partial charge in [0.1, 0.15) is 0 Å². The number of halogens is 1. The van der Waals surface area contributed by atoms with Crippen molar-refractivity contribution in [2.45, 2.75) is 13.3 Å². The number of benzene rings is 2. The molecule has 0 saturated heterocycles. The van der Waals surface area contributed by atoms with Gasteiger partial charge in [-0.15, -0.1) is 0 Å². The standard InChI is InChI=1S/C20H18ClNO4/c1-13(23)15-5-2-3-6-17(15)22-19(24)8-7-14-11-16(21)20-18(12-14)25-9-4-10-26-20/h2-3,5-8,11-12H,4,9-10H2,1H3,(H,22,24)/b8-7+. The van der Waals surface area contributed by atoms with Gasteiger partial charge < -0.3 is 14.8 Å². The molecular weight excluding hydrogens is 354 g/mol. The first-order valence-electron chi connectivity index (χ1n) is 8.23. The average molecular weight is 372 g/mol. The number of carbonyl (C=O) groups is 2. The summed E-state index contributed by atoms with van der Waals surface area (Å²) in [6, 6.07) is 10.4. The van der Waals surface area contributed by atoms with Crippen molar-refractivity contribution in [3.05, 3.63) is 58.6 Å². The summed E-state index contributed by atoms with van der Waals surface area (Å²) in [6.07, 6.45) is 3.80. The normalized spacial score (nSPS) is 13.3. The first-order valence-corrected chi connectivity index (χ1v) is 8.60. The largest absolute Gasteiger partial charge is 0.489 e. The number of ketones is 1. The fourth-order valence-corrected chi connectivity index (χ4v) is 2.87. The van der Waals surface area contributed by atoms with E-state index in [1.54, 1.807) is 42.5 Å². The number of hydrogen-bond donors (Lipinski definition) is 1. The molecule has 0 aromatic heterocycles. The lowest BCUT2D eigenvalue weighted by atomic mass is 10.1. The van der Waals surface area contributed by atoms with Gasteiger partial charge in [0.2, 0.25) is 5.91 Å². The van der Waals surface area contributed by atoms with Gasteiger partial charge in [-0.1, -0.05) is 23.7 Å². The Balaban J connectivity index is 1.76. The number of nitrogens with one attached hydrogen (secondary N) is 1. The Hall–Kier alpha value is -2.79. The first kappa shape index (κ1) is 18.0. The van der Waals surface area contributed by atoms with E-state index in [1.165, 1.54) is 13.0 Å². The van der Waals surface area contributed by atoms with E-state index in [9.17, 15) is 9.59 Å². The highest BCUT2D eigenvalue weighted by molar-refractivity contribution is 6.32. The third kappa shape index (κ3) is 4.24. The smallest absolute Gasteiger partial charge is 0.248 e. The maximum Gasteiger partial charge on any atom is 0.248 e. The molecule has 0 unspecified atom stereocenters. The Kier molecular flexibility index (Phi) is 5.58. The number of carbonyl (C=O) groups excluding carboxylic acids is 2. The van der Waals surface area contributed by atoms with Crippen molar-refractivity contribution in [2.24, 2.45) is 0 Å². The van der Waals surface area contributed by atoms with Crippen molar-refractivity contribution in [3.63, 3.8) is 0 Å². The first-order chi connectivity index (χ1) is 12.5.